The van der Waals surface area contributed by atoms with Gasteiger partial charge in [0.05, 0.1) is 23.8 Å². The van der Waals surface area contributed by atoms with Crippen LogP contribution in [0.15, 0.2) is 78.3 Å². The molecule has 1 aromatic carbocycles. The van der Waals surface area contributed by atoms with E-state index in [0.29, 0.717) is 17.2 Å². The van der Waals surface area contributed by atoms with E-state index in [1.165, 1.54) is 24.8 Å². The predicted octanol–water partition coefficient (Wildman–Crippen LogP) is 5.83. The highest BCUT2D eigenvalue weighted by Gasteiger charge is 2.19. The van der Waals surface area contributed by atoms with E-state index >= 15 is 0 Å². The molecule has 0 aliphatic carbocycles. The fourth-order valence-electron chi connectivity index (χ4n) is 5.69. The van der Waals surface area contributed by atoms with Gasteiger partial charge in [-0.15, -0.1) is 0 Å². The minimum absolute atomic E-state index is 0.616. The third kappa shape index (κ3) is 5.00. The molecule has 0 amide bonds. The van der Waals surface area contributed by atoms with Crippen LogP contribution in [0.3, 0.4) is 0 Å². The lowest BCUT2D eigenvalue weighted by atomic mass is 10.1. The topological polar surface area (TPSA) is 108 Å². The molecule has 6 heterocycles. The summed E-state index contributed by atoms with van der Waals surface area (Å²) in [5.41, 5.74) is 10.0. The minimum Gasteiger partial charge on any atom is -0.497 e. The summed E-state index contributed by atoms with van der Waals surface area (Å²) in [7, 11) is 1.67. The average Bonchev–Trinajstić information content (AvgIpc) is 3.58. The lowest BCUT2D eigenvalue weighted by molar-refractivity contribution is 0.248. The van der Waals surface area contributed by atoms with Gasteiger partial charge in [0.25, 0.3) is 0 Å². The van der Waals surface area contributed by atoms with E-state index in [4.69, 9.17) is 14.7 Å². The van der Waals surface area contributed by atoms with Crippen molar-refractivity contribution in [2.24, 2.45) is 0 Å². The van der Waals surface area contributed by atoms with Crippen LogP contribution in [-0.4, -0.2) is 61.8 Å². The largest absolute Gasteiger partial charge is 0.497 e. The smallest absolute Gasteiger partial charge is 0.178 e. The summed E-state index contributed by atoms with van der Waals surface area (Å²) in [5, 5.41) is 11.2. The number of methoxy groups -OCH3 is 1. The Bertz CT molecular complexity index is 1840. The molecule has 4 aromatic heterocycles. The Balaban J connectivity index is 1.26. The number of aromatic amines is 2. The van der Waals surface area contributed by atoms with Crippen molar-refractivity contribution < 1.29 is 4.74 Å². The van der Waals surface area contributed by atoms with Crippen molar-refractivity contribution in [3.63, 3.8) is 0 Å². The first-order chi connectivity index (χ1) is 20.1. The van der Waals surface area contributed by atoms with Crippen LogP contribution < -0.4 is 10.1 Å². The molecular weight excluding hydrogens is 512 g/mol. The van der Waals surface area contributed by atoms with Crippen molar-refractivity contribution in [3.8, 4) is 28.4 Å². The molecule has 0 bridgehead atoms. The molecule has 5 aromatic rings. The number of ether oxygens (including phenoxy) is 1. The molecule has 2 aliphatic heterocycles. The maximum Gasteiger partial charge on any atom is 0.178 e. The lowest BCUT2D eigenvalue weighted by Crippen LogP contribution is -2.31. The van der Waals surface area contributed by atoms with Crippen LogP contribution in [0.1, 0.15) is 31.9 Å². The van der Waals surface area contributed by atoms with Crippen LogP contribution in [0.5, 0.6) is 5.75 Å². The van der Waals surface area contributed by atoms with Gasteiger partial charge in [0, 0.05) is 35.8 Å². The van der Waals surface area contributed by atoms with E-state index < -0.39 is 0 Å². The van der Waals surface area contributed by atoms with Gasteiger partial charge in [-0.1, -0.05) is 18.6 Å². The van der Waals surface area contributed by atoms with Crippen LogP contribution in [0.2, 0.25) is 0 Å². The molecule has 2 aliphatic rings. The van der Waals surface area contributed by atoms with Gasteiger partial charge in [-0.2, -0.15) is 5.10 Å². The van der Waals surface area contributed by atoms with Gasteiger partial charge < -0.3 is 15.0 Å². The number of pyridine rings is 2. The molecule has 41 heavy (non-hydrogen) atoms. The van der Waals surface area contributed by atoms with Crippen molar-refractivity contribution in [2.75, 3.05) is 26.7 Å². The Morgan fingerprint density at radius 2 is 1.90 bits per heavy atom. The molecule has 3 N–H and O–H groups in total. The molecule has 9 nitrogen and oxygen atoms in total. The number of benzene rings is 1. The van der Waals surface area contributed by atoms with Crippen LogP contribution in [0.25, 0.3) is 50.4 Å². The first-order valence-corrected chi connectivity index (χ1v) is 14.1. The Kier molecular flexibility index (Phi) is 6.56. The molecule has 1 fully saturated rings. The fraction of sp³-hybridized carbons (Fsp3) is 0.250. The van der Waals surface area contributed by atoms with Gasteiger partial charge in [0.1, 0.15) is 11.3 Å². The summed E-state index contributed by atoms with van der Waals surface area (Å²) >= 11 is 0. The number of fused-ring (bicyclic) bond motifs is 2. The van der Waals surface area contributed by atoms with Gasteiger partial charge in [-0.05, 0) is 86.5 Å². The molecule has 206 valence electrons. The van der Waals surface area contributed by atoms with E-state index in [0.717, 1.165) is 70.0 Å². The predicted molar refractivity (Wildman–Crippen MR) is 162 cm³/mol. The summed E-state index contributed by atoms with van der Waals surface area (Å²) in [4.78, 5) is 20.4. The van der Waals surface area contributed by atoms with Crippen LogP contribution in [0.4, 0.5) is 0 Å². The number of hydrogen-bond donors (Lipinski definition) is 3. The third-order valence-corrected chi connectivity index (χ3v) is 7.75. The van der Waals surface area contributed by atoms with E-state index in [2.05, 4.69) is 49.5 Å². The fourth-order valence-corrected chi connectivity index (χ4v) is 5.69. The molecular formula is C32H32N8O. The van der Waals surface area contributed by atoms with E-state index in [-0.39, 0.29) is 0 Å². The molecule has 1 saturated heterocycles. The zero-order valence-electron chi connectivity index (χ0n) is 23.2. The van der Waals surface area contributed by atoms with Gasteiger partial charge >= 0.3 is 0 Å². The summed E-state index contributed by atoms with van der Waals surface area (Å²) in [6.07, 6.45) is 12.2. The number of imidazole rings is 1. The molecule has 0 saturated carbocycles. The second-order valence-corrected chi connectivity index (χ2v) is 10.7. The second-order valence-electron chi connectivity index (χ2n) is 10.7. The lowest BCUT2D eigenvalue weighted by Gasteiger charge is -2.26. The number of nitrogens with one attached hydrogen (secondary N) is 3. The van der Waals surface area contributed by atoms with Gasteiger partial charge in [0.2, 0.25) is 0 Å². The van der Waals surface area contributed by atoms with Crippen molar-refractivity contribution in [1.29, 1.82) is 0 Å². The standard InChI is InChI=1S/C32H32N8O/c1-20-15-21(19-40-13-4-3-5-14-40)16-23(18-34-20)26-9-10-27-29(35-26)30(39-38-27)32-36-28-25(11-12-33-31(28)37-32)22-7-6-8-24(17-22)41-2/h6-12,15-18,34H,3-5,13-14,19H2,1-2H3,(H,38,39)(H,33,36,37). The number of allylic oxidation sites excluding steroid dienone is 3. The monoisotopic (exact) mass is 544 g/mol. The van der Waals surface area contributed by atoms with Crippen molar-refractivity contribution in [3.05, 3.63) is 84.0 Å². The van der Waals surface area contributed by atoms with Crippen molar-refractivity contribution in [2.45, 2.75) is 26.2 Å². The Labute approximate surface area is 238 Å². The number of hydrogen-bond acceptors (Lipinski definition) is 7. The first-order valence-electron chi connectivity index (χ1n) is 14.1. The number of piperidine rings is 1. The minimum atomic E-state index is 0.616. The SMILES string of the molecule is COc1cccc(-c2ccnc3nc(-c4n[nH]c5ccc(C6=CNC(C)=CC(CN7CCCCC7)=C6)nc45)[nH]c23)c1. The summed E-state index contributed by atoms with van der Waals surface area (Å²) in [6.45, 7) is 5.36. The zero-order chi connectivity index (χ0) is 27.8. The Morgan fingerprint density at radius 1 is 1.00 bits per heavy atom. The highest BCUT2D eigenvalue weighted by atomic mass is 16.5. The zero-order valence-corrected chi connectivity index (χ0v) is 23.2. The van der Waals surface area contributed by atoms with Crippen molar-refractivity contribution >= 4 is 27.8 Å². The number of aromatic nitrogens is 6. The molecule has 0 spiro atoms. The van der Waals surface area contributed by atoms with Crippen LogP contribution in [0, 0.1) is 0 Å². The van der Waals surface area contributed by atoms with E-state index in [1.807, 2.05) is 48.7 Å². The first kappa shape index (κ1) is 25.2. The number of likely N-dealkylation sites (tertiary alicyclic amines) is 1. The summed E-state index contributed by atoms with van der Waals surface area (Å²) in [6, 6.07) is 14.0. The molecule has 0 radical (unpaired) electrons. The van der Waals surface area contributed by atoms with Crippen LogP contribution >= 0.6 is 0 Å². The number of nitrogens with zero attached hydrogens (tertiary/aromatic N) is 5. The highest BCUT2D eigenvalue weighted by molar-refractivity contribution is 5.95. The maximum absolute atomic E-state index is 5.44. The summed E-state index contributed by atoms with van der Waals surface area (Å²) < 4.78 is 5.44. The van der Waals surface area contributed by atoms with Gasteiger partial charge in [-0.25, -0.2) is 15.0 Å². The highest BCUT2D eigenvalue weighted by Crippen LogP contribution is 2.32. The molecule has 0 unspecified atom stereocenters. The quantitative estimate of drug-likeness (QED) is 0.247. The van der Waals surface area contributed by atoms with E-state index in [1.54, 1.807) is 13.3 Å². The normalized spacial score (nSPS) is 16.2. The van der Waals surface area contributed by atoms with Gasteiger partial charge in [-0.3, -0.25) is 10.00 Å². The Morgan fingerprint density at radius 3 is 2.78 bits per heavy atom. The number of H-pyrrole nitrogens is 2. The van der Waals surface area contributed by atoms with Crippen molar-refractivity contribution in [1.82, 2.24) is 40.3 Å². The molecule has 7 rings (SSSR count). The third-order valence-electron chi connectivity index (χ3n) is 7.75. The number of rotatable bonds is 6. The Hall–Kier alpha value is -4.76. The molecule has 9 heteroatoms. The van der Waals surface area contributed by atoms with Gasteiger partial charge in [0.15, 0.2) is 17.2 Å². The van der Waals surface area contributed by atoms with Crippen LogP contribution in [-0.2, 0) is 0 Å². The summed E-state index contributed by atoms with van der Waals surface area (Å²) in [5.74, 6) is 1.41. The second kappa shape index (κ2) is 10.7. The maximum atomic E-state index is 5.44. The molecule has 0 atom stereocenters. The average molecular weight is 545 g/mol. The van der Waals surface area contributed by atoms with E-state index in [9.17, 15) is 0 Å².